The van der Waals surface area contributed by atoms with E-state index in [4.69, 9.17) is 4.52 Å². The van der Waals surface area contributed by atoms with Gasteiger partial charge in [0.1, 0.15) is 5.82 Å². The molecule has 1 N–H and O–H groups in total. The van der Waals surface area contributed by atoms with Gasteiger partial charge >= 0.3 is 0 Å². The number of carbonyl (C=O) groups is 1. The van der Waals surface area contributed by atoms with Gasteiger partial charge in [0.2, 0.25) is 5.13 Å². The normalized spacial score (nSPS) is 11.0. The van der Waals surface area contributed by atoms with Crippen LogP contribution >= 0.6 is 23.1 Å². The fourth-order valence-electron chi connectivity index (χ4n) is 2.69. The second kappa shape index (κ2) is 8.10. The predicted octanol–water partition coefficient (Wildman–Crippen LogP) is 4.72. The lowest BCUT2D eigenvalue weighted by molar-refractivity contribution is 0.102. The largest absolute Gasteiger partial charge is 0.335 e. The third-order valence-corrected chi connectivity index (χ3v) is 5.93. The monoisotopic (exact) mass is 427 g/mol. The fraction of sp³-hybridized carbons (Fsp3) is 0.105. The molecule has 29 heavy (non-hydrogen) atoms. The SMILES string of the molecule is C=CCSc1nnc(NC(=O)c2cc(-c3ccccc3F)nc3onc(C)c23)s1. The molecule has 4 rings (SSSR count). The van der Waals surface area contributed by atoms with E-state index in [1.807, 2.05) is 0 Å². The summed E-state index contributed by atoms with van der Waals surface area (Å²) in [5.41, 5.74) is 1.47. The number of benzene rings is 1. The zero-order valence-corrected chi connectivity index (χ0v) is 16.8. The van der Waals surface area contributed by atoms with Crippen LogP contribution in [0, 0.1) is 12.7 Å². The number of nitrogens with one attached hydrogen (secondary N) is 1. The zero-order valence-electron chi connectivity index (χ0n) is 15.2. The van der Waals surface area contributed by atoms with Crippen molar-refractivity contribution in [3.05, 3.63) is 60.1 Å². The minimum atomic E-state index is -0.449. The molecule has 0 aliphatic heterocycles. The molecule has 7 nitrogen and oxygen atoms in total. The number of amides is 1. The van der Waals surface area contributed by atoms with Gasteiger partial charge in [-0.15, -0.1) is 16.8 Å². The van der Waals surface area contributed by atoms with E-state index in [2.05, 4.69) is 32.2 Å². The summed E-state index contributed by atoms with van der Waals surface area (Å²) in [6, 6.07) is 7.72. The second-order valence-electron chi connectivity index (χ2n) is 5.91. The van der Waals surface area contributed by atoms with E-state index in [9.17, 15) is 9.18 Å². The molecular weight excluding hydrogens is 413 g/mol. The molecule has 3 aromatic heterocycles. The highest BCUT2D eigenvalue weighted by Crippen LogP contribution is 2.30. The van der Waals surface area contributed by atoms with Crippen LogP contribution in [0.1, 0.15) is 16.1 Å². The molecule has 3 heterocycles. The highest BCUT2D eigenvalue weighted by atomic mass is 32.2. The number of fused-ring (bicyclic) bond motifs is 1. The first-order valence-electron chi connectivity index (χ1n) is 8.47. The topological polar surface area (TPSA) is 93.8 Å². The molecule has 0 unspecified atom stereocenters. The van der Waals surface area contributed by atoms with Crippen molar-refractivity contribution < 1.29 is 13.7 Å². The van der Waals surface area contributed by atoms with Crippen LogP contribution in [0.4, 0.5) is 9.52 Å². The quantitative estimate of drug-likeness (QED) is 0.270. The summed E-state index contributed by atoms with van der Waals surface area (Å²) in [4.78, 5) is 17.3. The van der Waals surface area contributed by atoms with Crippen LogP contribution in [-0.4, -0.2) is 32.0 Å². The summed E-state index contributed by atoms with van der Waals surface area (Å²) in [5.74, 6) is -0.188. The van der Waals surface area contributed by atoms with Crippen molar-refractivity contribution in [2.24, 2.45) is 0 Å². The molecule has 0 atom stereocenters. The Bertz CT molecular complexity index is 1220. The molecule has 0 fully saturated rings. The number of anilines is 1. The summed E-state index contributed by atoms with van der Waals surface area (Å²) in [6.07, 6.45) is 1.76. The van der Waals surface area contributed by atoms with Crippen LogP contribution in [0.2, 0.25) is 0 Å². The van der Waals surface area contributed by atoms with Gasteiger partial charge in [-0.25, -0.2) is 9.37 Å². The first-order chi connectivity index (χ1) is 14.1. The van der Waals surface area contributed by atoms with Gasteiger partial charge in [0.25, 0.3) is 11.6 Å². The van der Waals surface area contributed by atoms with Gasteiger partial charge in [-0.3, -0.25) is 10.1 Å². The van der Waals surface area contributed by atoms with Crippen LogP contribution in [0.5, 0.6) is 0 Å². The smallest absolute Gasteiger partial charge is 0.259 e. The standard InChI is InChI=1S/C19H14FN5O2S2/c1-3-8-28-19-24-23-18(29-19)22-16(26)12-9-14(11-6-4-5-7-13(11)20)21-17-15(12)10(2)25-27-17/h3-7,9H,1,8H2,2H3,(H,22,23,26). The Labute approximate surface area is 173 Å². The highest BCUT2D eigenvalue weighted by molar-refractivity contribution is 8.01. The van der Waals surface area contributed by atoms with Crippen molar-refractivity contribution in [2.45, 2.75) is 11.3 Å². The Morgan fingerprint density at radius 1 is 1.38 bits per heavy atom. The predicted molar refractivity (Wildman–Crippen MR) is 111 cm³/mol. The van der Waals surface area contributed by atoms with E-state index < -0.39 is 11.7 Å². The molecule has 0 aliphatic carbocycles. The van der Waals surface area contributed by atoms with E-state index >= 15 is 0 Å². The third kappa shape index (κ3) is 3.89. The molecule has 0 bridgehead atoms. The number of pyridine rings is 1. The number of aromatic nitrogens is 4. The molecule has 10 heteroatoms. The number of nitrogens with zero attached hydrogens (tertiary/aromatic N) is 4. The van der Waals surface area contributed by atoms with Crippen molar-refractivity contribution in [2.75, 3.05) is 11.1 Å². The lowest BCUT2D eigenvalue weighted by atomic mass is 10.0. The van der Waals surface area contributed by atoms with E-state index in [0.29, 0.717) is 26.3 Å². The molecule has 146 valence electrons. The van der Waals surface area contributed by atoms with Gasteiger partial charge in [0.15, 0.2) is 4.34 Å². The Balaban J connectivity index is 1.72. The van der Waals surface area contributed by atoms with Crippen LogP contribution in [-0.2, 0) is 0 Å². The zero-order chi connectivity index (χ0) is 20.4. The lowest BCUT2D eigenvalue weighted by Gasteiger charge is -2.07. The third-order valence-electron chi connectivity index (χ3n) is 3.96. The Hall–Kier alpha value is -3.11. The van der Waals surface area contributed by atoms with Gasteiger partial charge in [0, 0.05) is 11.3 Å². The minimum absolute atomic E-state index is 0.160. The van der Waals surface area contributed by atoms with Crippen LogP contribution in [0.15, 0.2) is 51.8 Å². The van der Waals surface area contributed by atoms with E-state index in [0.717, 1.165) is 0 Å². The summed E-state index contributed by atoms with van der Waals surface area (Å²) >= 11 is 2.73. The van der Waals surface area contributed by atoms with Crippen LogP contribution in [0.3, 0.4) is 0 Å². The molecule has 0 saturated carbocycles. The maximum absolute atomic E-state index is 14.3. The van der Waals surface area contributed by atoms with Crippen LogP contribution in [0.25, 0.3) is 22.4 Å². The molecule has 0 aliphatic rings. The van der Waals surface area contributed by atoms with Crippen molar-refractivity contribution in [3.8, 4) is 11.3 Å². The second-order valence-corrected chi connectivity index (χ2v) is 8.15. The van der Waals surface area contributed by atoms with Gasteiger partial charge < -0.3 is 4.52 Å². The average molecular weight is 427 g/mol. The average Bonchev–Trinajstić information content (AvgIpc) is 3.32. The lowest BCUT2D eigenvalue weighted by Crippen LogP contribution is -2.13. The van der Waals surface area contributed by atoms with Crippen molar-refractivity contribution in [1.29, 1.82) is 0 Å². The number of carbonyl (C=O) groups excluding carboxylic acids is 1. The summed E-state index contributed by atoms with van der Waals surface area (Å²) < 4.78 is 20.2. The maximum Gasteiger partial charge on any atom is 0.259 e. The van der Waals surface area contributed by atoms with Gasteiger partial charge in [-0.05, 0) is 25.1 Å². The van der Waals surface area contributed by atoms with Crippen LogP contribution < -0.4 is 5.32 Å². The molecule has 1 aromatic carbocycles. The number of halogens is 1. The Morgan fingerprint density at radius 2 is 2.21 bits per heavy atom. The number of rotatable bonds is 6. The summed E-state index contributed by atoms with van der Waals surface area (Å²) in [6.45, 7) is 5.37. The Kier molecular flexibility index (Phi) is 5.36. The maximum atomic E-state index is 14.3. The Morgan fingerprint density at radius 3 is 3.00 bits per heavy atom. The van der Waals surface area contributed by atoms with Crippen molar-refractivity contribution in [1.82, 2.24) is 20.3 Å². The van der Waals surface area contributed by atoms with Gasteiger partial charge in [0.05, 0.1) is 22.3 Å². The van der Waals surface area contributed by atoms with Crippen molar-refractivity contribution >= 4 is 45.2 Å². The van der Waals surface area contributed by atoms with E-state index in [1.165, 1.54) is 35.2 Å². The highest BCUT2D eigenvalue weighted by Gasteiger charge is 2.21. The minimum Gasteiger partial charge on any atom is -0.335 e. The van der Waals surface area contributed by atoms with Gasteiger partial charge in [-0.2, -0.15) is 0 Å². The molecule has 1 amide bonds. The van der Waals surface area contributed by atoms with Gasteiger partial charge in [-0.1, -0.05) is 46.5 Å². The molecular formula is C19H14FN5O2S2. The molecule has 0 radical (unpaired) electrons. The number of hydrogen-bond donors (Lipinski definition) is 1. The first-order valence-corrected chi connectivity index (χ1v) is 10.3. The fourth-order valence-corrected chi connectivity index (χ4v) is 4.20. The number of hydrogen-bond acceptors (Lipinski definition) is 8. The number of aryl methyl sites for hydroxylation is 1. The molecule has 0 saturated heterocycles. The molecule has 0 spiro atoms. The number of thioether (sulfide) groups is 1. The van der Waals surface area contributed by atoms with E-state index in [1.54, 1.807) is 31.2 Å². The summed E-state index contributed by atoms with van der Waals surface area (Å²) in [7, 11) is 0. The van der Waals surface area contributed by atoms with E-state index in [-0.39, 0.29) is 22.5 Å². The summed E-state index contributed by atoms with van der Waals surface area (Å²) in [5, 5.41) is 15.5. The first kappa shape index (κ1) is 19.2. The van der Waals surface area contributed by atoms with Crippen molar-refractivity contribution in [3.63, 3.8) is 0 Å². The molecule has 4 aromatic rings.